The summed E-state index contributed by atoms with van der Waals surface area (Å²) in [7, 11) is -3.31. The van der Waals surface area contributed by atoms with Crippen LogP contribution in [0.1, 0.15) is 19.8 Å². The van der Waals surface area contributed by atoms with Gasteiger partial charge in [-0.1, -0.05) is 0 Å². The van der Waals surface area contributed by atoms with E-state index in [0.29, 0.717) is 12.8 Å². The summed E-state index contributed by atoms with van der Waals surface area (Å²) in [5.74, 6) is 0. The third-order valence-electron chi connectivity index (χ3n) is 3.13. The lowest BCUT2D eigenvalue weighted by Crippen LogP contribution is -2.47. The second-order valence-corrected chi connectivity index (χ2v) is 6.35. The lowest BCUT2D eigenvalue weighted by Gasteiger charge is -2.27. The van der Waals surface area contributed by atoms with Crippen molar-refractivity contribution < 1.29 is 12.8 Å². The summed E-state index contributed by atoms with van der Waals surface area (Å²) in [4.78, 5) is 4.05. The van der Waals surface area contributed by atoms with E-state index < -0.39 is 26.5 Å². The van der Waals surface area contributed by atoms with Crippen molar-refractivity contribution in [3.63, 3.8) is 0 Å². The molecule has 1 fully saturated rings. The SMILES string of the molecule is CC1N=CC2(CF)CCC1S2(=O)=O. The van der Waals surface area contributed by atoms with Gasteiger partial charge < -0.3 is 0 Å². The number of rotatable bonds is 1. The van der Waals surface area contributed by atoms with Crippen LogP contribution in [0.3, 0.4) is 0 Å². The fraction of sp³-hybridized carbons (Fsp3) is 0.875. The second-order valence-electron chi connectivity index (χ2n) is 3.84. The molecule has 0 N–H and O–H groups in total. The van der Waals surface area contributed by atoms with Gasteiger partial charge in [0.2, 0.25) is 0 Å². The maximum atomic E-state index is 12.7. The van der Waals surface area contributed by atoms with Crippen molar-refractivity contribution in [1.82, 2.24) is 0 Å². The highest BCUT2D eigenvalue weighted by Crippen LogP contribution is 2.41. The molecule has 0 aromatic carbocycles. The van der Waals surface area contributed by atoms with Crippen molar-refractivity contribution in [2.24, 2.45) is 4.99 Å². The van der Waals surface area contributed by atoms with Crippen molar-refractivity contribution >= 4 is 16.1 Å². The van der Waals surface area contributed by atoms with Crippen LogP contribution in [0.5, 0.6) is 0 Å². The van der Waals surface area contributed by atoms with Crippen LogP contribution in [-0.4, -0.2) is 37.3 Å². The largest absolute Gasteiger partial charge is 0.291 e. The van der Waals surface area contributed by atoms with E-state index in [9.17, 15) is 12.8 Å². The minimum atomic E-state index is -3.31. The molecular weight excluding hydrogens is 193 g/mol. The molecule has 2 rings (SSSR count). The smallest absolute Gasteiger partial charge is 0.168 e. The first kappa shape index (κ1) is 9.12. The number of halogens is 1. The van der Waals surface area contributed by atoms with Crippen LogP contribution in [0.4, 0.5) is 4.39 Å². The summed E-state index contributed by atoms with van der Waals surface area (Å²) in [6, 6.07) is -0.202. The summed E-state index contributed by atoms with van der Waals surface area (Å²) in [6.45, 7) is 0.939. The summed E-state index contributed by atoms with van der Waals surface area (Å²) in [6.07, 6.45) is 2.26. The summed E-state index contributed by atoms with van der Waals surface area (Å²) in [5, 5.41) is -0.451. The van der Waals surface area contributed by atoms with E-state index in [2.05, 4.69) is 4.99 Å². The van der Waals surface area contributed by atoms with E-state index in [1.807, 2.05) is 0 Å². The molecule has 0 amide bonds. The molecule has 2 aliphatic rings. The minimum absolute atomic E-state index is 0.202. The molecule has 3 unspecified atom stereocenters. The van der Waals surface area contributed by atoms with E-state index in [-0.39, 0.29) is 6.04 Å². The number of aliphatic imine (C=N–C) groups is 1. The third-order valence-corrected chi connectivity index (χ3v) is 6.11. The quantitative estimate of drug-likeness (QED) is 0.634. The van der Waals surface area contributed by atoms with Gasteiger partial charge in [0.1, 0.15) is 11.4 Å². The zero-order chi connectivity index (χ0) is 9.69. The zero-order valence-electron chi connectivity index (χ0n) is 7.40. The molecule has 2 bridgehead atoms. The number of sulfone groups is 1. The average Bonchev–Trinajstić information content (AvgIpc) is 2.25. The van der Waals surface area contributed by atoms with Crippen LogP contribution in [0.2, 0.25) is 0 Å². The minimum Gasteiger partial charge on any atom is -0.291 e. The van der Waals surface area contributed by atoms with Gasteiger partial charge in [-0.25, -0.2) is 12.8 Å². The molecule has 5 heteroatoms. The molecule has 0 saturated carbocycles. The van der Waals surface area contributed by atoms with Crippen LogP contribution in [0.25, 0.3) is 0 Å². The van der Waals surface area contributed by atoms with Crippen LogP contribution in [0, 0.1) is 0 Å². The summed E-state index contributed by atoms with van der Waals surface area (Å²) >= 11 is 0. The molecule has 0 radical (unpaired) electrons. The van der Waals surface area contributed by atoms with Gasteiger partial charge in [-0.3, -0.25) is 4.99 Å². The van der Waals surface area contributed by atoms with Gasteiger partial charge >= 0.3 is 0 Å². The zero-order valence-corrected chi connectivity index (χ0v) is 8.22. The lowest BCUT2D eigenvalue weighted by molar-refractivity contribution is 0.433. The van der Waals surface area contributed by atoms with Crippen LogP contribution in [-0.2, 0) is 9.84 Å². The van der Waals surface area contributed by atoms with Gasteiger partial charge in [0, 0.05) is 6.21 Å². The highest BCUT2D eigenvalue weighted by atomic mass is 32.2. The molecule has 0 aromatic rings. The predicted molar refractivity (Wildman–Crippen MR) is 48.6 cm³/mol. The fourth-order valence-electron chi connectivity index (χ4n) is 2.15. The maximum Gasteiger partial charge on any atom is 0.168 e. The molecule has 13 heavy (non-hydrogen) atoms. The third kappa shape index (κ3) is 0.936. The van der Waals surface area contributed by atoms with Crippen molar-refractivity contribution in [3.05, 3.63) is 0 Å². The van der Waals surface area contributed by atoms with Gasteiger partial charge in [-0.2, -0.15) is 0 Å². The standard InChI is InChI=1S/C8H12FNO2S/c1-6-7-2-3-8(4-9,5-10-6)13(7,11)12/h5-7H,2-4H2,1H3. The normalized spacial score (nSPS) is 46.6. The van der Waals surface area contributed by atoms with Crippen molar-refractivity contribution in [1.29, 1.82) is 0 Å². The average molecular weight is 205 g/mol. The first-order chi connectivity index (χ1) is 6.03. The van der Waals surface area contributed by atoms with E-state index >= 15 is 0 Å². The molecule has 0 spiro atoms. The van der Waals surface area contributed by atoms with Gasteiger partial charge in [-0.05, 0) is 19.8 Å². The summed E-state index contributed by atoms with van der Waals surface area (Å²) < 4.78 is 35.1. The molecule has 3 atom stereocenters. The molecule has 0 aliphatic carbocycles. The molecule has 2 heterocycles. The molecule has 74 valence electrons. The Morgan fingerprint density at radius 3 is 3.00 bits per heavy atom. The van der Waals surface area contributed by atoms with Crippen molar-refractivity contribution in [2.75, 3.05) is 6.67 Å². The number of hydrogen-bond acceptors (Lipinski definition) is 3. The molecule has 0 aromatic heterocycles. The topological polar surface area (TPSA) is 46.5 Å². The Morgan fingerprint density at radius 1 is 1.69 bits per heavy atom. The first-order valence-corrected chi connectivity index (χ1v) is 5.92. The number of alkyl halides is 1. The van der Waals surface area contributed by atoms with Crippen molar-refractivity contribution in [3.8, 4) is 0 Å². The molecule has 3 nitrogen and oxygen atoms in total. The molecule has 1 saturated heterocycles. The van der Waals surface area contributed by atoms with Gasteiger partial charge in [0.15, 0.2) is 9.84 Å². The van der Waals surface area contributed by atoms with E-state index in [1.165, 1.54) is 6.21 Å². The number of fused-ring (bicyclic) bond motifs is 2. The lowest BCUT2D eigenvalue weighted by atomic mass is 10.1. The Hall–Kier alpha value is -0.450. The molecular formula is C8H12FNO2S. The van der Waals surface area contributed by atoms with Crippen LogP contribution < -0.4 is 0 Å². The summed E-state index contributed by atoms with van der Waals surface area (Å²) in [5.41, 5.74) is 0. The van der Waals surface area contributed by atoms with Crippen molar-refractivity contribution in [2.45, 2.75) is 35.8 Å². The monoisotopic (exact) mass is 205 g/mol. The number of hydrogen-bond donors (Lipinski definition) is 0. The van der Waals surface area contributed by atoms with E-state index in [1.54, 1.807) is 6.92 Å². The van der Waals surface area contributed by atoms with Crippen LogP contribution >= 0.6 is 0 Å². The second kappa shape index (κ2) is 2.53. The number of nitrogens with zero attached hydrogens (tertiary/aromatic N) is 1. The Labute approximate surface area is 77.0 Å². The van der Waals surface area contributed by atoms with Crippen LogP contribution in [0.15, 0.2) is 4.99 Å². The van der Waals surface area contributed by atoms with Gasteiger partial charge in [0.25, 0.3) is 0 Å². The van der Waals surface area contributed by atoms with E-state index in [4.69, 9.17) is 0 Å². The Balaban J connectivity index is 2.57. The van der Waals surface area contributed by atoms with E-state index in [0.717, 1.165) is 0 Å². The Morgan fingerprint density at radius 2 is 2.38 bits per heavy atom. The van der Waals surface area contributed by atoms with Gasteiger partial charge in [-0.15, -0.1) is 0 Å². The van der Waals surface area contributed by atoms with Gasteiger partial charge in [0.05, 0.1) is 11.3 Å². The fourth-order valence-corrected chi connectivity index (χ4v) is 4.53. The Bertz CT molecular complexity index is 351. The highest BCUT2D eigenvalue weighted by Gasteiger charge is 2.56. The first-order valence-electron chi connectivity index (χ1n) is 4.37. The molecule has 2 aliphatic heterocycles. The maximum absolute atomic E-state index is 12.7. The Kier molecular flexibility index (Phi) is 1.77. The highest BCUT2D eigenvalue weighted by molar-refractivity contribution is 7.94. The predicted octanol–water partition coefficient (Wildman–Crippen LogP) is 0.745.